The van der Waals surface area contributed by atoms with Gasteiger partial charge in [-0.25, -0.2) is 4.79 Å². The van der Waals surface area contributed by atoms with Crippen molar-refractivity contribution in [1.82, 2.24) is 10.1 Å². The van der Waals surface area contributed by atoms with Crippen LogP contribution in [-0.4, -0.2) is 10.1 Å². The first-order valence-corrected chi connectivity index (χ1v) is 4.81. The number of nitrogens with one attached hydrogen (secondary N) is 1. The van der Waals surface area contributed by atoms with Crippen molar-refractivity contribution in [2.45, 2.75) is 38.5 Å². The minimum atomic E-state index is -0.436. The maximum atomic E-state index is 10.7. The molecule has 72 valence electrons. The Labute approximate surface area is 76.3 Å². The van der Waals surface area contributed by atoms with Gasteiger partial charge < -0.3 is 0 Å². The molecule has 0 radical (unpaired) electrons. The van der Waals surface area contributed by atoms with Gasteiger partial charge in [0.15, 0.2) is 5.82 Å². The molecule has 0 saturated heterocycles. The van der Waals surface area contributed by atoms with Gasteiger partial charge in [-0.3, -0.25) is 9.51 Å². The Balaban J connectivity index is 2.06. The highest BCUT2D eigenvalue weighted by atomic mass is 16.5. The van der Waals surface area contributed by atoms with Crippen LogP contribution in [0.3, 0.4) is 0 Å². The Bertz CT molecular complexity index is 320. The SMILES string of the molecule is CC1CCC(c2noc(=O)[nH]2)CC1. The summed E-state index contributed by atoms with van der Waals surface area (Å²) in [5, 5.41) is 3.72. The van der Waals surface area contributed by atoms with E-state index in [1.807, 2.05) is 0 Å². The second kappa shape index (κ2) is 3.36. The molecule has 1 saturated carbocycles. The van der Waals surface area contributed by atoms with Gasteiger partial charge in [0.05, 0.1) is 0 Å². The molecule has 0 amide bonds. The Morgan fingerprint density at radius 1 is 1.38 bits per heavy atom. The van der Waals surface area contributed by atoms with Crippen molar-refractivity contribution < 1.29 is 4.52 Å². The molecule has 1 aliphatic rings. The van der Waals surface area contributed by atoms with E-state index in [0.717, 1.165) is 24.6 Å². The van der Waals surface area contributed by atoms with E-state index in [0.29, 0.717) is 5.92 Å². The lowest BCUT2D eigenvalue weighted by Crippen LogP contribution is -2.12. The Morgan fingerprint density at radius 3 is 2.62 bits per heavy atom. The Hall–Kier alpha value is -1.06. The number of hydrogen-bond acceptors (Lipinski definition) is 3. The van der Waals surface area contributed by atoms with Crippen LogP contribution < -0.4 is 5.76 Å². The highest BCUT2D eigenvalue weighted by Crippen LogP contribution is 2.33. The fourth-order valence-corrected chi connectivity index (χ4v) is 1.95. The minimum Gasteiger partial charge on any atom is -0.296 e. The molecule has 0 spiro atoms. The van der Waals surface area contributed by atoms with Gasteiger partial charge in [-0.1, -0.05) is 24.9 Å². The summed E-state index contributed by atoms with van der Waals surface area (Å²) < 4.78 is 4.48. The summed E-state index contributed by atoms with van der Waals surface area (Å²) in [6, 6.07) is 0. The van der Waals surface area contributed by atoms with Gasteiger partial charge in [0.2, 0.25) is 0 Å². The number of hydrogen-bond donors (Lipinski definition) is 1. The van der Waals surface area contributed by atoms with Gasteiger partial charge in [-0.15, -0.1) is 0 Å². The molecule has 0 aliphatic heterocycles. The average molecular weight is 182 g/mol. The lowest BCUT2D eigenvalue weighted by molar-refractivity contribution is 0.325. The summed E-state index contributed by atoms with van der Waals surface area (Å²) in [6.07, 6.45) is 4.67. The molecule has 2 rings (SSSR count). The monoisotopic (exact) mass is 182 g/mol. The number of aromatic amines is 1. The molecule has 1 aromatic heterocycles. The number of nitrogens with zero attached hydrogens (tertiary/aromatic N) is 1. The maximum Gasteiger partial charge on any atom is 0.438 e. The first kappa shape index (κ1) is 8.53. The molecule has 0 bridgehead atoms. The van der Waals surface area contributed by atoms with Gasteiger partial charge in [0, 0.05) is 5.92 Å². The van der Waals surface area contributed by atoms with Crippen LogP contribution in [0.15, 0.2) is 9.32 Å². The minimum absolute atomic E-state index is 0.405. The summed E-state index contributed by atoms with van der Waals surface area (Å²) in [4.78, 5) is 13.3. The van der Waals surface area contributed by atoms with Crippen molar-refractivity contribution in [3.8, 4) is 0 Å². The molecule has 13 heavy (non-hydrogen) atoms. The third-order valence-corrected chi connectivity index (χ3v) is 2.86. The zero-order valence-electron chi connectivity index (χ0n) is 7.75. The summed E-state index contributed by atoms with van der Waals surface area (Å²) in [7, 11) is 0. The molecule has 1 N–H and O–H groups in total. The van der Waals surface area contributed by atoms with Crippen LogP contribution in [0.1, 0.15) is 44.3 Å². The lowest BCUT2D eigenvalue weighted by Gasteiger charge is -2.23. The van der Waals surface area contributed by atoms with E-state index in [1.165, 1.54) is 12.8 Å². The molecule has 1 aromatic rings. The van der Waals surface area contributed by atoms with Crippen LogP contribution in [-0.2, 0) is 0 Å². The quantitative estimate of drug-likeness (QED) is 0.718. The van der Waals surface area contributed by atoms with E-state index in [9.17, 15) is 4.79 Å². The molecule has 1 fully saturated rings. The van der Waals surface area contributed by atoms with Gasteiger partial charge >= 0.3 is 5.76 Å². The molecular weight excluding hydrogens is 168 g/mol. The van der Waals surface area contributed by atoms with Crippen molar-refractivity contribution in [2.24, 2.45) is 5.92 Å². The third-order valence-electron chi connectivity index (χ3n) is 2.86. The second-order valence-electron chi connectivity index (χ2n) is 3.94. The van der Waals surface area contributed by atoms with E-state index in [2.05, 4.69) is 21.6 Å². The van der Waals surface area contributed by atoms with Crippen molar-refractivity contribution >= 4 is 0 Å². The first-order valence-electron chi connectivity index (χ1n) is 4.81. The zero-order chi connectivity index (χ0) is 9.26. The van der Waals surface area contributed by atoms with Crippen LogP contribution in [0.2, 0.25) is 0 Å². The van der Waals surface area contributed by atoms with Gasteiger partial charge in [-0.05, 0) is 18.8 Å². The van der Waals surface area contributed by atoms with Crippen LogP contribution in [0, 0.1) is 5.92 Å². The van der Waals surface area contributed by atoms with Crippen LogP contribution in [0.25, 0.3) is 0 Å². The standard InChI is InChI=1S/C9H14N2O2/c1-6-2-4-7(5-3-6)8-10-9(12)13-11-8/h6-7H,2-5H2,1H3,(H,10,11,12). The third kappa shape index (κ3) is 1.82. The van der Waals surface area contributed by atoms with Crippen LogP contribution >= 0.6 is 0 Å². The van der Waals surface area contributed by atoms with Crippen molar-refractivity contribution in [3.05, 3.63) is 16.4 Å². The fraction of sp³-hybridized carbons (Fsp3) is 0.778. The average Bonchev–Trinajstić information content (AvgIpc) is 2.53. The van der Waals surface area contributed by atoms with Crippen LogP contribution in [0.4, 0.5) is 0 Å². The van der Waals surface area contributed by atoms with Crippen molar-refractivity contribution in [3.63, 3.8) is 0 Å². The Kier molecular flexibility index (Phi) is 2.20. The molecule has 4 heteroatoms. The summed E-state index contributed by atoms with van der Waals surface area (Å²) in [5.41, 5.74) is 0. The maximum absolute atomic E-state index is 10.7. The van der Waals surface area contributed by atoms with E-state index >= 15 is 0 Å². The molecule has 4 nitrogen and oxygen atoms in total. The molecule has 1 aliphatic carbocycles. The topological polar surface area (TPSA) is 58.9 Å². The smallest absolute Gasteiger partial charge is 0.296 e. The fourth-order valence-electron chi connectivity index (χ4n) is 1.95. The zero-order valence-corrected chi connectivity index (χ0v) is 7.75. The van der Waals surface area contributed by atoms with Crippen LogP contribution in [0.5, 0.6) is 0 Å². The number of aromatic nitrogens is 2. The van der Waals surface area contributed by atoms with Gasteiger partial charge in [-0.2, -0.15) is 0 Å². The largest absolute Gasteiger partial charge is 0.438 e. The first-order chi connectivity index (χ1) is 6.25. The Morgan fingerprint density at radius 2 is 2.08 bits per heavy atom. The highest BCUT2D eigenvalue weighted by molar-refractivity contribution is 4.94. The summed E-state index contributed by atoms with van der Waals surface area (Å²) >= 11 is 0. The number of H-pyrrole nitrogens is 1. The predicted octanol–water partition coefficient (Wildman–Crippen LogP) is 1.66. The molecular formula is C9H14N2O2. The molecule has 0 unspecified atom stereocenters. The summed E-state index contributed by atoms with van der Waals surface area (Å²) in [6.45, 7) is 2.27. The molecule has 1 heterocycles. The van der Waals surface area contributed by atoms with E-state index < -0.39 is 5.76 Å². The van der Waals surface area contributed by atoms with E-state index in [4.69, 9.17) is 0 Å². The van der Waals surface area contributed by atoms with Crippen molar-refractivity contribution in [2.75, 3.05) is 0 Å². The van der Waals surface area contributed by atoms with Gasteiger partial charge in [0.1, 0.15) is 0 Å². The summed E-state index contributed by atoms with van der Waals surface area (Å²) in [5.74, 6) is 1.52. The van der Waals surface area contributed by atoms with E-state index in [-0.39, 0.29) is 0 Å². The van der Waals surface area contributed by atoms with E-state index in [1.54, 1.807) is 0 Å². The molecule has 0 atom stereocenters. The molecule has 0 aromatic carbocycles. The van der Waals surface area contributed by atoms with Crippen molar-refractivity contribution in [1.29, 1.82) is 0 Å². The second-order valence-corrected chi connectivity index (χ2v) is 3.94. The predicted molar refractivity (Wildman–Crippen MR) is 47.5 cm³/mol. The normalized spacial score (nSPS) is 29.0. The highest BCUT2D eigenvalue weighted by Gasteiger charge is 2.22. The van der Waals surface area contributed by atoms with Gasteiger partial charge in [0.25, 0.3) is 0 Å². The number of rotatable bonds is 1. The lowest BCUT2D eigenvalue weighted by atomic mass is 9.83.